The molecule has 7 heteroatoms. The molecule has 2 aromatic rings. The minimum absolute atomic E-state index is 0.142. The standard InChI is InChI=1S/C18H19BrClNO4/c1-2-23-8-9-24-15-5-3-4-14(11-15)21-18(22)12-25-17-7-6-13(19)10-16(17)20/h3-7,10-11H,2,8-9,12H2,1H3,(H,21,22). The first kappa shape index (κ1) is 19.6. The van der Waals surface area contributed by atoms with Gasteiger partial charge in [0.25, 0.3) is 5.91 Å². The van der Waals surface area contributed by atoms with E-state index in [0.29, 0.717) is 42.0 Å². The van der Waals surface area contributed by atoms with E-state index in [2.05, 4.69) is 21.2 Å². The zero-order chi connectivity index (χ0) is 18.1. The van der Waals surface area contributed by atoms with Crippen LogP contribution >= 0.6 is 27.5 Å². The van der Waals surface area contributed by atoms with Crippen molar-refractivity contribution in [3.05, 3.63) is 52.0 Å². The Morgan fingerprint density at radius 3 is 2.76 bits per heavy atom. The van der Waals surface area contributed by atoms with Gasteiger partial charge in [-0.15, -0.1) is 0 Å². The number of amides is 1. The van der Waals surface area contributed by atoms with Crippen LogP contribution in [0.15, 0.2) is 46.9 Å². The second-order valence-corrected chi connectivity index (χ2v) is 6.31. The van der Waals surface area contributed by atoms with Gasteiger partial charge >= 0.3 is 0 Å². The Hall–Kier alpha value is -1.76. The maximum Gasteiger partial charge on any atom is 0.262 e. The zero-order valence-corrected chi connectivity index (χ0v) is 16.1. The van der Waals surface area contributed by atoms with E-state index >= 15 is 0 Å². The van der Waals surface area contributed by atoms with E-state index < -0.39 is 0 Å². The highest BCUT2D eigenvalue weighted by Crippen LogP contribution is 2.27. The summed E-state index contributed by atoms with van der Waals surface area (Å²) >= 11 is 9.37. The van der Waals surface area contributed by atoms with Crippen LogP contribution in [0.1, 0.15) is 6.92 Å². The molecule has 0 aliphatic rings. The number of nitrogens with one attached hydrogen (secondary N) is 1. The monoisotopic (exact) mass is 427 g/mol. The van der Waals surface area contributed by atoms with Crippen molar-refractivity contribution in [2.24, 2.45) is 0 Å². The van der Waals surface area contributed by atoms with E-state index in [1.54, 1.807) is 36.4 Å². The van der Waals surface area contributed by atoms with Crippen molar-refractivity contribution in [2.45, 2.75) is 6.92 Å². The highest BCUT2D eigenvalue weighted by atomic mass is 79.9. The Morgan fingerprint density at radius 2 is 2.00 bits per heavy atom. The highest BCUT2D eigenvalue weighted by molar-refractivity contribution is 9.10. The Balaban J connectivity index is 1.83. The molecular weight excluding hydrogens is 410 g/mol. The normalized spacial score (nSPS) is 10.4. The van der Waals surface area contributed by atoms with Crippen molar-refractivity contribution in [1.82, 2.24) is 0 Å². The first-order valence-electron chi connectivity index (χ1n) is 7.77. The summed E-state index contributed by atoms with van der Waals surface area (Å²) in [4.78, 5) is 12.0. The van der Waals surface area contributed by atoms with E-state index in [0.717, 1.165) is 4.47 Å². The molecule has 0 saturated heterocycles. The van der Waals surface area contributed by atoms with Crippen LogP contribution in [0, 0.1) is 0 Å². The van der Waals surface area contributed by atoms with Gasteiger partial charge in [-0.1, -0.05) is 33.6 Å². The molecule has 25 heavy (non-hydrogen) atoms. The fraction of sp³-hybridized carbons (Fsp3) is 0.278. The summed E-state index contributed by atoms with van der Waals surface area (Å²) in [5.74, 6) is 0.827. The van der Waals surface area contributed by atoms with E-state index in [1.807, 2.05) is 13.0 Å². The smallest absolute Gasteiger partial charge is 0.262 e. The molecule has 0 aliphatic heterocycles. The largest absolute Gasteiger partial charge is 0.491 e. The lowest BCUT2D eigenvalue weighted by molar-refractivity contribution is -0.118. The molecule has 5 nitrogen and oxygen atoms in total. The maximum atomic E-state index is 12.0. The number of hydrogen-bond donors (Lipinski definition) is 1. The molecule has 0 saturated carbocycles. The molecule has 0 aromatic heterocycles. The highest BCUT2D eigenvalue weighted by Gasteiger charge is 2.07. The third-order valence-electron chi connectivity index (χ3n) is 3.07. The number of carbonyl (C=O) groups excluding carboxylic acids is 1. The second-order valence-electron chi connectivity index (χ2n) is 4.98. The zero-order valence-electron chi connectivity index (χ0n) is 13.8. The average molecular weight is 429 g/mol. The molecule has 2 aromatic carbocycles. The van der Waals surface area contributed by atoms with Crippen molar-refractivity contribution in [2.75, 3.05) is 31.7 Å². The summed E-state index contributed by atoms with van der Waals surface area (Å²) in [5.41, 5.74) is 0.629. The SMILES string of the molecule is CCOCCOc1cccc(NC(=O)COc2ccc(Br)cc2Cl)c1. The van der Waals surface area contributed by atoms with Crippen molar-refractivity contribution >= 4 is 39.1 Å². The first-order chi connectivity index (χ1) is 12.1. The van der Waals surface area contributed by atoms with E-state index in [9.17, 15) is 4.79 Å². The van der Waals surface area contributed by atoms with Crippen LogP contribution < -0.4 is 14.8 Å². The summed E-state index contributed by atoms with van der Waals surface area (Å²) in [7, 11) is 0. The molecule has 0 bridgehead atoms. The molecule has 0 aliphatic carbocycles. The summed E-state index contributed by atoms with van der Waals surface area (Å²) in [5, 5.41) is 3.19. The quantitative estimate of drug-likeness (QED) is 0.596. The van der Waals surface area contributed by atoms with Crippen LogP contribution in [0.25, 0.3) is 0 Å². The molecule has 1 N–H and O–H groups in total. The Kier molecular flexibility index (Phi) is 8.04. The Bertz CT molecular complexity index is 711. The Labute approximate surface area is 160 Å². The molecule has 0 radical (unpaired) electrons. The van der Waals surface area contributed by atoms with Crippen molar-refractivity contribution < 1.29 is 19.0 Å². The number of benzene rings is 2. The minimum Gasteiger partial charge on any atom is -0.491 e. The van der Waals surface area contributed by atoms with Crippen LogP contribution in [0.3, 0.4) is 0 Å². The van der Waals surface area contributed by atoms with Gasteiger partial charge in [0.1, 0.15) is 18.1 Å². The first-order valence-corrected chi connectivity index (χ1v) is 8.94. The lowest BCUT2D eigenvalue weighted by Crippen LogP contribution is -2.20. The van der Waals surface area contributed by atoms with Crippen molar-refractivity contribution in [3.63, 3.8) is 0 Å². The predicted octanol–water partition coefficient (Wildman–Crippen LogP) is 4.54. The number of carbonyl (C=O) groups is 1. The lowest BCUT2D eigenvalue weighted by atomic mass is 10.3. The van der Waals surface area contributed by atoms with Crippen molar-refractivity contribution in [1.29, 1.82) is 0 Å². The van der Waals surface area contributed by atoms with Gasteiger partial charge in [0, 0.05) is 22.8 Å². The summed E-state index contributed by atoms with van der Waals surface area (Å²) < 4.78 is 17.1. The van der Waals surface area contributed by atoms with Crippen molar-refractivity contribution in [3.8, 4) is 11.5 Å². The third-order valence-corrected chi connectivity index (χ3v) is 3.86. The van der Waals surface area contributed by atoms with Gasteiger partial charge in [0.05, 0.1) is 11.6 Å². The van der Waals surface area contributed by atoms with Gasteiger partial charge in [-0.05, 0) is 37.3 Å². The number of halogens is 2. The van der Waals surface area contributed by atoms with Crippen LogP contribution in [-0.2, 0) is 9.53 Å². The fourth-order valence-corrected chi connectivity index (χ4v) is 2.69. The van der Waals surface area contributed by atoms with Crippen LogP contribution in [0.2, 0.25) is 5.02 Å². The average Bonchev–Trinajstić information content (AvgIpc) is 2.58. The predicted molar refractivity (Wildman–Crippen MR) is 102 cm³/mol. The molecule has 0 heterocycles. The van der Waals surface area contributed by atoms with E-state index in [4.69, 9.17) is 25.8 Å². The van der Waals surface area contributed by atoms with E-state index in [1.165, 1.54) is 0 Å². The molecule has 0 atom stereocenters. The number of ether oxygens (including phenoxy) is 3. The lowest BCUT2D eigenvalue weighted by Gasteiger charge is -2.11. The topological polar surface area (TPSA) is 56.8 Å². The molecule has 0 spiro atoms. The van der Waals surface area contributed by atoms with Gasteiger partial charge in [-0.3, -0.25) is 4.79 Å². The van der Waals surface area contributed by atoms with Gasteiger partial charge in [-0.2, -0.15) is 0 Å². The Morgan fingerprint density at radius 1 is 1.16 bits per heavy atom. The van der Waals surface area contributed by atoms with E-state index in [-0.39, 0.29) is 12.5 Å². The number of anilines is 1. The third kappa shape index (κ3) is 6.94. The molecule has 2 rings (SSSR count). The van der Waals surface area contributed by atoms with Crippen LogP contribution in [0.4, 0.5) is 5.69 Å². The number of hydrogen-bond acceptors (Lipinski definition) is 4. The van der Waals surface area contributed by atoms with Gasteiger partial charge < -0.3 is 19.5 Å². The molecule has 0 unspecified atom stereocenters. The van der Waals surface area contributed by atoms with Gasteiger partial charge in [0.15, 0.2) is 6.61 Å². The second kappa shape index (κ2) is 10.3. The van der Waals surface area contributed by atoms with Gasteiger partial charge in [-0.25, -0.2) is 0 Å². The molecular formula is C18H19BrClNO4. The van der Waals surface area contributed by atoms with Crippen LogP contribution in [0.5, 0.6) is 11.5 Å². The van der Waals surface area contributed by atoms with Gasteiger partial charge in [0.2, 0.25) is 0 Å². The molecule has 0 fully saturated rings. The summed E-state index contributed by atoms with van der Waals surface area (Å²) in [6, 6.07) is 12.3. The maximum absolute atomic E-state index is 12.0. The van der Waals surface area contributed by atoms with Crippen LogP contribution in [-0.4, -0.2) is 32.3 Å². The summed E-state index contributed by atoms with van der Waals surface area (Å²) in [6.07, 6.45) is 0. The number of rotatable bonds is 9. The minimum atomic E-state index is -0.287. The fourth-order valence-electron chi connectivity index (χ4n) is 1.96. The molecule has 1 amide bonds. The molecule has 134 valence electrons. The summed E-state index contributed by atoms with van der Waals surface area (Å²) in [6.45, 7) is 3.42.